The van der Waals surface area contributed by atoms with E-state index >= 15 is 0 Å². The second-order valence-corrected chi connectivity index (χ2v) is 7.90. The Hall–Kier alpha value is -1.79. The van der Waals surface area contributed by atoms with Crippen molar-refractivity contribution in [2.45, 2.75) is 38.1 Å². The summed E-state index contributed by atoms with van der Waals surface area (Å²) in [6, 6.07) is 6.38. The van der Waals surface area contributed by atoms with E-state index in [1.54, 1.807) is 17.5 Å². The van der Waals surface area contributed by atoms with Gasteiger partial charge in [-0.2, -0.15) is 0 Å². The fourth-order valence-electron chi connectivity index (χ4n) is 3.25. The third-order valence-electron chi connectivity index (χ3n) is 5.01. The van der Waals surface area contributed by atoms with Crippen molar-refractivity contribution >= 4 is 17.2 Å². The Morgan fingerprint density at radius 2 is 2.08 bits per heavy atom. The fourth-order valence-corrected chi connectivity index (χ4v) is 4.05. The highest BCUT2D eigenvalue weighted by Gasteiger charge is 2.26. The van der Waals surface area contributed by atoms with E-state index in [0.29, 0.717) is 12.5 Å². The van der Waals surface area contributed by atoms with Crippen LogP contribution in [-0.4, -0.2) is 46.5 Å². The molecule has 25 heavy (non-hydrogen) atoms. The van der Waals surface area contributed by atoms with Crippen LogP contribution in [-0.2, 0) is 11.2 Å². The molecule has 0 aromatic carbocycles. The molecule has 1 aliphatic heterocycles. The van der Waals surface area contributed by atoms with Crippen LogP contribution >= 0.6 is 11.3 Å². The van der Waals surface area contributed by atoms with Crippen molar-refractivity contribution in [2.75, 3.05) is 19.6 Å². The van der Waals surface area contributed by atoms with Crippen molar-refractivity contribution in [2.24, 2.45) is 5.92 Å². The zero-order valence-corrected chi connectivity index (χ0v) is 15.2. The normalized spacial score (nSPS) is 18.5. The number of hydrogen-bond donors (Lipinski definition) is 1. The summed E-state index contributed by atoms with van der Waals surface area (Å²) in [7, 11) is 0. The quantitative estimate of drug-likeness (QED) is 0.865. The minimum absolute atomic E-state index is 0.193. The lowest BCUT2D eigenvalue weighted by Gasteiger charge is -2.32. The molecule has 1 saturated heterocycles. The van der Waals surface area contributed by atoms with Gasteiger partial charge in [0, 0.05) is 30.7 Å². The molecule has 6 heteroatoms. The molecule has 132 valence electrons. The summed E-state index contributed by atoms with van der Waals surface area (Å²) in [5.74, 6) is 1.11. The van der Waals surface area contributed by atoms with Crippen LogP contribution in [0.1, 0.15) is 31.4 Å². The van der Waals surface area contributed by atoms with Crippen LogP contribution in [0.5, 0.6) is 0 Å². The predicted molar refractivity (Wildman–Crippen MR) is 99.4 cm³/mol. The first-order valence-corrected chi connectivity index (χ1v) is 10.0. The molecule has 0 bridgehead atoms. The van der Waals surface area contributed by atoms with E-state index in [1.807, 2.05) is 28.5 Å². The number of thiazole rings is 1. The Morgan fingerprint density at radius 3 is 2.80 bits per heavy atom. The molecule has 1 saturated carbocycles. The smallest absolute Gasteiger partial charge is 0.228 e. The summed E-state index contributed by atoms with van der Waals surface area (Å²) in [5, 5.41) is 6.52. The van der Waals surface area contributed by atoms with Gasteiger partial charge in [0.15, 0.2) is 0 Å². The van der Waals surface area contributed by atoms with Gasteiger partial charge in [0.25, 0.3) is 0 Å². The van der Waals surface area contributed by atoms with Gasteiger partial charge in [-0.3, -0.25) is 9.78 Å². The van der Waals surface area contributed by atoms with Crippen LogP contribution in [0.4, 0.5) is 0 Å². The zero-order valence-electron chi connectivity index (χ0n) is 14.4. The Bertz CT molecular complexity index is 705. The number of aromatic nitrogens is 2. The van der Waals surface area contributed by atoms with Crippen LogP contribution in [0, 0.1) is 5.92 Å². The van der Waals surface area contributed by atoms with Gasteiger partial charge in [0.2, 0.25) is 5.91 Å². The topological polar surface area (TPSA) is 58.1 Å². The van der Waals surface area contributed by atoms with Gasteiger partial charge in [0.1, 0.15) is 5.01 Å². The monoisotopic (exact) mass is 356 g/mol. The Kier molecular flexibility index (Phi) is 5.08. The molecule has 4 rings (SSSR count). The molecule has 1 aliphatic carbocycles. The van der Waals surface area contributed by atoms with Gasteiger partial charge in [0.05, 0.1) is 17.8 Å². The number of nitrogens with zero attached hydrogens (tertiary/aromatic N) is 3. The van der Waals surface area contributed by atoms with Crippen LogP contribution in [0.15, 0.2) is 29.8 Å². The molecule has 2 aromatic heterocycles. The average Bonchev–Trinajstić information content (AvgIpc) is 3.38. The number of carbonyl (C=O) groups is 1. The molecule has 1 N–H and O–H groups in total. The molecule has 2 fully saturated rings. The van der Waals surface area contributed by atoms with Crippen molar-refractivity contribution in [3.63, 3.8) is 0 Å². The molecule has 0 radical (unpaired) electrons. The standard InChI is InChI=1S/C19H24N4OS/c24-18(23-9-6-15(7-10-23)21-12-14-4-5-14)11-16-13-25-19(22-16)17-3-1-2-8-20-17/h1-3,8,13-15,21H,4-7,9-12H2. The number of hydrogen-bond acceptors (Lipinski definition) is 5. The minimum atomic E-state index is 0.193. The molecule has 2 aromatic rings. The number of nitrogens with one attached hydrogen (secondary N) is 1. The van der Waals surface area contributed by atoms with Gasteiger partial charge in [-0.15, -0.1) is 11.3 Å². The lowest BCUT2D eigenvalue weighted by Crippen LogP contribution is -2.45. The first kappa shape index (κ1) is 16.7. The number of amides is 1. The van der Waals surface area contributed by atoms with Crippen molar-refractivity contribution in [3.8, 4) is 10.7 Å². The van der Waals surface area contributed by atoms with E-state index in [-0.39, 0.29) is 5.91 Å². The van der Waals surface area contributed by atoms with E-state index in [1.165, 1.54) is 12.8 Å². The number of carbonyl (C=O) groups excluding carboxylic acids is 1. The molecule has 0 spiro atoms. The highest BCUT2D eigenvalue weighted by atomic mass is 32.1. The third kappa shape index (κ3) is 4.44. The van der Waals surface area contributed by atoms with Crippen LogP contribution in [0.3, 0.4) is 0 Å². The van der Waals surface area contributed by atoms with Crippen molar-refractivity contribution in [1.82, 2.24) is 20.2 Å². The number of pyridine rings is 1. The summed E-state index contributed by atoms with van der Waals surface area (Å²) in [6.07, 6.45) is 7.06. The second-order valence-electron chi connectivity index (χ2n) is 7.04. The van der Waals surface area contributed by atoms with Gasteiger partial charge in [-0.1, -0.05) is 6.07 Å². The molecule has 1 amide bonds. The van der Waals surface area contributed by atoms with E-state index in [0.717, 1.165) is 54.8 Å². The van der Waals surface area contributed by atoms with Crippen LogP contribution in [0.25, 0.3) is 10.7 Å². The van der Waals surface area contributed by atoms with E-state index in [9.17, 15) is 4.79 Å². The number of rotatable bonds is 6. The first-order chi connectivity index (χ1) is 12.3. The Morgan fingerprint density at radius 1 is 1.24 bits per heavy atom. The highest BCUT2D eigenvalue weighted by molar-refractivity contribution is 7.13. The zero-order chi connectivity index (χ0) is 17.1. The Balaban J connectivity index is 1.27. The van der Waals surface area contributed by atoms with E-state index in [2.05, 4.69) is 15.3 Å². The van der Waals surface area contributed by atoms with E-state index < -0.39 is 0 Å². The summed E-state index contributed by atoms with van der Waals surface area (Å²) >= 11 is 1.55. The Labute approximate surface area is 152 Å². The van der Waals surface area contributed by atoms with Gasteiger partial charge >= 0.3 is 0 Å². The lowest BCUT2D eigenvalue weighted by molar-refractivity contribution is -0.131. The fraction of sp³-hybridized carbons (Fsp3) is 0.526. The van der Waals surface area contributed by atoms with Crippen LogP contribution in [0.2, 0.25) is 0 Å². The maximum absolute atomic E-state index is 12.6. The lowest BCUT2D eigenvalue weighted by atomic mass is 10.0. The van der Waals surface area contributed by atoms with Crippen LogP contribution < -0.4 is 5.32 Å². The molecule has 3 heterocycles. The molecular weight excluding hydrogens is 332 g/mol. The van der Waals surface area contributed by atoms with Gasteiger partial charge in [-0.05, 0) is 50.3 Å². The predicted octanol–water partition coefficient (Wildman–Crippen LogP) is 2.74. The number of likely N-dealkylation sites (tertiary alicyclic amines) is 1. The summed E-state index contributed by atoms with van der Waals surface area (Å²) in [6.45, 7) is 2.88. The van der Waals surface area contributed by atoms with E-state index in [4.69, 9.17) is 0 Å². The van der Waals surface area contributed by atoms with Gasteiger partial charge < -0.3 is 10.2 Å². The summed E-state index contributed by atoms with van der Waals surface area (Å²) in [4.78, 5) is 23.4. The molecular formula is C19H24N4OS. The van der Waals surface area contributed by atoms with Gasteiger partial charge in [-0.25, -0.2) is 4.98 Å². The molecule has 2 aliphatic rings. The average molecular weight is 356 g/mol. The maximum atomic E-state index is 12.6. The summed E-state index contributed by atoms with van der Waals surface area (Å²) in [5.41, 5.74) is 1.72. The largest absolute Gasteiger partial charge is 0.342 e. The van der Waals surface area contributed by atoms with Crippen molar-refractivity contribution in [3.05, 3.63) is 35.5 Å². The highest BCUT2D eigenvalue weighted by Crippen LogP contribution is 2.28. The number of piperidine rings is 1. The maximum Gasteiger partial charge on any atom is 0.228 e. The summed E-state index contributed by atoms with van der Waals surface area (Å²) < 4.78 is 0. The molecule has 5 nitrogen and oxygen atoms in total. The molecule has 0 atom stereocenters. The first-order valence-electron chi connectivity index (χ1n) is 9.15. The minimum Gasteiger partial charge on any atom is -0.342 e. The van der Waals surface area contributed by atoms with Crippen molar-refractivity contribution < 1.29 is 4.79 Å². The van der Waals surface area contributed by atoms with Crippen molar-refractivity contribution in [1.29, 1.82) is 0 Å². The third-order valence-corrected chi connectivity index (χ3v) is 5.92. The second kappa shape index (κ2) is 7.62. The molecule has 0 unspecified atom stereocenters. The SMILES string of the molecule is O=C(Cc1csc(-c2ccccn2)n1)N1CCC(NCC2CC2)CC1.